The van der Waals surface area contributed by atoms with Crippen molar-refractivity contribution in [1.82, 2.24) is 0 Å². The van der Waals surface area contributed by atoms with E-state index in [0.29, 0.717) is 6.10 Å². The number of hydrogen-bond donors (Lipinski definition) is 0. The van der Waals surface area contributed by atoms with E-state index in [1.54, 1.807) is 7.11 Å². The van der Waals surface area contributed by atoms with Crippen molar-refractivity contribution in [3.63, 3.8) is 0 Å². The Hall–Kier alpha value is 0.180. The molecule has 0 aromatic carbocycles. The summed E-state index contributed by atoms with van der Waals surface area (Å²) in [6, 6.07) is 0. The third-order valence-electron chi connectivity index (χ3n) is 1.81. The van der Waals surface area contributed by atoms with Crippen LogP contribution in [-0.2, 0) is 4.74 Å². The highest BCUT2D eigenvalue weighted by atomic mass is 79.9. The molecule has 0 aliphatic heterocycles. The second-order valence-corrected chi connectivity index (χ2v) is 2.94. The molecule has 9 heavy (non-hydrogen) atoms. The first-order chi connectivity index (χ1) is 4.36. The zero-order chi connectivity index (χ0) is 6.69. The van der Waals surface area contributed by atoms with Crippen molar-refractivity contribution in [2.45, 2.75) is 18.9 Å². The van der Waals surface area contributed by atoms with E-state index in [2.05, 4.69) is 22.0 Å². The lowest BCUT2D eigenvalue weighted by Gasteiger charge is -2.31. The van der Waals surface area contributed by atoms with Crippen molar-refractivity contribution < 1.29 is 4.74 Å². The summed E-state index contributed by atoms with van der Waals surface area (Å²) in [5.41, 5.74) is 0. The Bertz CT molecular complexity index is 105. The largest absolute Gasteiger partial charge is 0.381 e. The van der Waals surface area contributed by atoms with Gasteiger partial charge in [-0.25, -0.2) is 0 Å². The van der Waals surface area contributed by atoms with Crippen molar-refractivity contribution >= 4 is 15.9 Å². The molecule has 0 spiro atoms. The predicted molar refractivity (Wildman–Crippen MR) is 41.6 cm³/mol. The van der Waals surface area contributed by atoms with Gasteiger partial charge in [-0.15, -0.1) is 0 Å². The molecule has 0 heterocycles. The minimum Gasteiger partial charge on any atom is -0.381 e. The summed E-state index contributed by atoms with van der Waals surface area (Å²) in [4.78, 5) is 1.93. The Balaban J connectivity index is 2.12. The quantitative estimate of drug-likeness (QED) is 0.650. The first-order valence-electron chi connectivity index (χ1n) is 3.16. The van der Waals surface area contributed by atoms with Crippen LogP contribution in [0.1, 0.15) is 12.8 Å². The zero-order valence-corrected chi connectivity index (χ0v) is 7.10. The summed E-state index contributed by atoms with van der Waals surface area (Å²) in [5.74, 6) is 0.759. The molecule has 0 N–H and O–H groups in total. The Labute approximate surface area is 64.2 Å². The van der Waals surface area contributed by atoms with Crippen LogP contribution in [0.25, 0.3) is 0 Å². The first kappa shape index (κ1) is 7.29. The van der Waals surface area contributed by atoms with Crippen molar-refractivity contribution in [2.24, 2.45) is 5.92 Å². The molecule has 0 unspecified atom stereocenters. The summed E-state index contributed by atoms with van der Waals surface area (Å²) in [7, 11) is 1.78. The lowest BCUT2D eigenvalue weighted by atomic mass is 9.83. The van der Waals surface area contributed by atoms with Crippen molar-refractivity contribution in [3.05, 3.63) is 11.1 Å². The first-order valence-corrected chi connectivity index (χ1v) is 4.08. The van der Waals surface area contributed by atoms with Crippen LogP contribution in [0.3, 0.4) is 0 Å². The molecule has 1 rings (SSSR count). The third kappa shape index (κ3) is 1.80. The van der Waals surface area contributed by atoms with Gasteiger partial charge in [-0.3, -0.25) is 0 Å². The minimum atomic E-state index is 0.527. The highest BCUT2D eigenvalue weighted by Gasteiger charge is 2.26. The van der Waals surface area contributed by atoms with Gasteiger partial charge in [-0.05, 0) is 23.7 Å². The van der Waals surface area contributed by atoms with Gasteiger partial charge >= 0.3 is 0 Å². The second kappa shape index (κ2) is 3.37. The Morgan fingerprint density at radius 3 is 2.67 bits per heavy atom. The summed E-state index contributed by atoms with van der Waals surface area (Å²) >= 11 is 3.25. The highest BCUT2D eigenvalue weighted by Crippen LogP contribution is 2.30. The highest BCUT2D eigenvalue weighted by molar-refractivity contribution is 9.11. The van der Waals surface area contributed by atoms with Crippen molar-refractivity contribution in [2.75, 3.05) is 7.11 Å². The average molecular weight is 191 g/mol. The SMILES string of the molecule is COC1CC(/C=C/Br)C1. The van der Waals surface area contributed by atoms with Crippen LogP contribution in [0.15, 0.2) is 11.1 Å². The maximum Gasteiger partial charge on any atom is 0.0582 e. The molecule has 0 saturated heterocycles. The van der Waals surface area contributed by atoms with Gasteiger partial charge < -0.3 is 4.74 Å². The molecule has 2 heteroatoms. The molecule has 0 bridgehead atoms. The van der Waals surface area contributed by atoms with E-state index in [9.17, 15) is 0 Å². The molecule has 0 amide bonds. The topological polar surface area (TPSA) is 9.23 Å². The maximum absolute atomic E-state index is 5.11. The molecule has 1 fully saturated rings. The summed E-state index contributed by atoms with van der Waals surface area (Å²) in [6.07, 6.45) is 5.09. The molecule has 0 aromatic heterocycles. The van der Waals surface area contributed by atoms with Crippen LogP contribution >= 0.6 is 15.9 Å². The lowest BCUT2D eigenvalue weighted by molar-refractivity contribution is 0.0165. The fraction of sp³-hybridized carbons (Fsp3) is 0.714. The van der Waals surface area contributed by atoms with E-state index in [0.717, 1.165) is 5.92 Å². The number of halogens is 1. The Morgan fingerprint density at radius 1 is 1.56 bits per heavy atom. The van der Waals surface area contributed by atoms with Gasteiger partial charge in [0.15, 0.2) is 0 Å². The second-order valence-electron chi connectivity index (χ2n) is 2.41. The smallest absolute Gasteiger partial charge is 0.0582 e. The monoisotopic (exact) mass is 190 g/mol. The molecule has 1 aliphatic carbocycles. The number of rotatable bonds is 2. The number of allylic oxidation sites excluding steroid dienone is 1. The van der Waals surface area contributed by atoms with Gasteiger partial charge in [0.1, 0.15) is 0 Å². The third-order valence-corrected chi connectivity index (χ3v) is 2.11. The van der Waals surface area contributed by atoms with E-state index >= 15 is 0 Å². The van der Waals surface area contributed by atoms with Gasteiger partial charge in [0.2, 0.25) is 0 Å². The molecule has 0 aromatic rings. The molecule has 0 radical (unpaired) electrons. The van der Waals surface area contributed by atoms with Crippen molar-refractivity contribution in [1.29, 1.82) is 0 Å². The van der Waals surface area contributed by atoms with E-state index < -0.39 is 0 Å². The molecule has 1 aliphatic rings. The van der Waals surface area contributed by atoms with Crippen molar-refractivity contribution in [3.8, 4) is 0 Å². The van der Waals surface area contributed by atoms with E-state index in [-0.39, 0.29) is 0 Å². The van der Waals surface area contributed by atoms with Crippen LogP contribution in [0, 0.1) is 5.92 Å². The molecule has 1 saturated carbocycles. The van der Waals surface area contributed by atoms with Crippen LogP contribution < -0.4 is 0 Å². The fourth-order valence-electron chi connectivity index (χ4n) is 1.06. The number of methoxy groups -OCH3 is 1. The molecule has 0 atom stereocenters. The predicted octanol–water partition coefficient (Wildman–Crippen LogP) is 2.32. The summed E-state index contributed by atoms with van der Waals surface area (Å²) < 4.78 is 5.11. The Morgan fingerprint density at radius 2 is 2.22 bits per heavy atom. The summed E-state index contributed by atoms with van der Waals surface area (Å²) in [6.45, 7) is 0. The maximum atomic E-state index is 5.11. The molecule has 1 nitrogen and oxygen atoms in total. The molecular formula is C7H11BrO. The van der Waals surface area contributed by atoms with Crippen LogP contribution in [0.5, 0.6) is 0 Å². The number of hydrogen-bond acceptors (Lipinski definition) is 1. The Kier molecular flexibility index (Phi) is 2.73. The van der Waals surface area contributed by atoms with Gasteiger partial charge in [-0.1, -0.05) is 22.0 Å². The minimum absolute atomic E-state index is 0.527. The van der Waals surface area contributed by atoms with E-state index in [4.69, 9.17) is 4.74 Å². The standard InChI is InChI=1S/C7H11BrO/c1-9-7-4-6(5-7)2-3-8/h2-3,6-7H,4-5H2,1H3/b3-2+. The summed E-state index contributed by atoms with van der Waals surface area (Å²) in [5, 5.41) is 0. The van der Waals surface area contributed by atoms with Gasteiger partial charge in [-0.2, -0.15) is 0 Å². The van der Waals surface area contributed by atoms with Gasteiger partial charge in [0.05, 0.1) is 6.10 Å². The zero-order valence-electron chi connectivity index (χ0n) is 5.51. The average Bonchev–Trinajstić information content (AvgIpc) is 1.77. The van der Waals surface area contributed by atoms with Crippen LogP contribution in [-0.4, -0.2) is 13.2 Å². The van der Waals surface area contributed by atoms with E-state index in [1.807, 2.05) is 4.99 Å². The normalized spacial score (nSPS) is 34.9. The van der Waals surface area contributed by atoms with E-state index in [1.165, 1.54) is 12.8 Å². The van der Waals surface area contributed by atoms with Crippen LogP contribution in [0.2, 0.25) is 0 Å². The molecular weight excluding hydrogens is 180 g/mol. The van der Waals surface area contributed by atoms with Crippen LogP contribution in [0.4, 0.5) is 0 Å². The van der Waals surface area contributed by atoms with Gasteiger partial charge in [0.25, 0.3) is 0 Å². The lowest BCUT2D eigenvalue weighted by Crippen LogP contribution is -2.28. The molecule has 52 valence electrons. The fourth-order valence-corrected chi connectivity index (χ4v) is 1.49. The van der Waals surface area contributed by atoms with Gasteiger partial charge in [0, 0.05) is 7.11 Å². The number of ether oxygens (including phenoxy) is 1.